The van der Waals surface area contributed by atoms with Crippen molar-refractivity contribution in [1.29, 1.82) is 0 Å². The number of nitro groups is 1. The number of aryl methyl sites for hydroxylation is 1. The minimum atomic E-state index is -0.710. The van der Waals surface area contributed by atoms with Gasteiger partial charge in [0.25, 0.3) is 11.8 Å². The zero-order valence-electron chi connectivity index (χ0n) is 11.8. The second-order valence-electron chi connectivity index (χ2n) is 4.57. The summed E-state index contributed by atoms with van der Waals surface area (Å²) in [7, 11) is 0. The van der Waals surface area contributed by atoms with Crippen LogP contribution in [0.25, 0.3) is 11.5 Å². The Kier molecular flexibility index (Phi) is 3.59. The molecule has 2 heterocycles. The Morgan fingerprint density at radius 3 is 2.52 bits per heavy atom. The van der Waals surface area contributed by atoms with Crippen molar-refractivity contribution >= 4 is 17.5 Å². The third kappa shape index (κ3) is 3.07. The van der Waals surface area contributed by atoms with Crippen molar-refractivity contribution in [3.63, 3.8) is 0 Å². The summed E-state index contributed by atoms with van der Waals surface area (Å²) in [6.07, 6.45) is 0. The van der Waals surface area contributed by atoms with E-state index in [9.17, 15) is 14.9 Å². The van der Waals surface area contributed by atoms with Crippen LogP contribution in [-0.4, -0.2) is 21.0 Å². The molecule has 2 aromatic heterocycles. The Morgan fingerprint density at radius 2 is 1.96 bits per heavy atom. The Morgan fingerprint density at radius 1 is 1.22 bits per heavy atom. The van der Waals surface area contributed by atoms with Crippen LogP contribution in [-0.2, 0) is 0 Å². The lowest BCUT2D eigenvalue weighted by atomic mass is 10.2. The van der Waals surface area contributed by atoms with Crippen molar-refractivity contribution < 1.29 is 18.7 Å². The molecule has 0 atom stereocenters. The lowest BCUT2D eigenvalue weighted by Crippen LogP contribution is -2.10. The molecule has 9 heteroatoms. The number of furan rings is 1. The van der Waals surface area contributed by atoms with Crippen LogP contribution in [0.3, 0.4) is 0 Å². The molecular weight excluding hydrogens is 304 g/mol. The van der Waals surface area contributed by atoms with Crippen LogP contribution in [0.1, 0.15) is 16.4 Å². The van der Waals surface area contributed by atoms with Gasteiger partial charge in [-0.15, -0.1) is 0 Å². The SMILES string of the molecule is Cc1noc(-c2ccc(NC(=O)c3ccc([N+](=O)[O-])o3)cc2)n1. The number of anilines is 1. The summed E-state index contributed by atoms with van der Waals surface area (Å²) in [4.78, 5) is 25.9. The summed E-state index contributed by atoms with van der Waals surface area (Å²) in [5, 5.41) is 16.8. The Hall–Kier alpha value is -3.49. The number of carbonyl (C=O) groups excluding carboxylic acids is 1. The van der Waals surface area contributed by atoms with Gasteiger partial charge in [-0.2, -0.15) is 4.98 Å². The fraction of sp³-hybridized carbons (Fsp3) is 0.0714. The quantitative estimate of drug-likeness (QED) is 0.579. The maximum absolute atomic E-state index is 11.9. The van der Waals surface area contributed by atoms with Gasteiger partial charge < -0.3 is 14.3 Å². The monoisotopic (exact) mass is 314 g/mol. The molecular formula is C14H10N4O5. The number of nitrogens with zero attached hydrogens (tertiary/aromatic N) is 3. The maximum Gasteiger partial charge on any atom is 0.433 e. The number of amides is 1. The number of carbonyl (C=O) groups is 1. The van der Waals surface area contributed by atoms with Crippen LogP contribution in [0.4, 0.5) is 11.6 Å². The first-order valence-electron chi connectivity index (χ1n) is 6.49. The molecule has 0 unspecified atom stereocenters. The van der Waals surface area contributed by atoms with Gasteiger partial charge in [0.1, 0.15) is 4.92 Å². The third-order valence-electron chi connectivity index (χ3n) is 2.91. The van der Waals surface area contributed by atoms with E-state index >= 15 is 0 Å². The average molecular weight is 314 g/mol. The smallest absolute Gasteiger partial charge is 0.395 e. The van der Waals surface area contributed by atoms with Crippen molar-refractivity contribution in [2.24, 2.45) is 0 Å². The first-order valence-corrected chi connectivity index (χ1v) is 6.49. The summed E-state index contributed by atoms with van der Waals surface area (Å²) in [5.41, 5.74) is 1.20. The molecule has 0 bridgehead atoms. The molecule has 0 aliphatic rings. The predicted octanol–water partition coefficient (Wildman–Crippen LogP) is 2.80. The van der Waals surface area contributed by atoms with E-state index in [0.717, 1.165) is 6.07 Å². The summed E-state index contributed by atoms with van der Waals surface area (Å²) < 4.78 is 9.87. The number of nitrogens with one attached hydrogen (secondary N) is 1. The van der Waals surface area contributed by atoms with Gasteiger partial charge in [-0.25, -0.2) is 0 Å². The van der Waals surface area contributed by atoms with Gasteiger partial charge in [-0.1, -0.05) is 5.16 Å². The first kappa shape index (κ1) is 14.4. The molecule has 1 N–H and O–H groups in total. The lowest BCUT2D eigenvalue weighted by molar-refractivity contribution is -0.402. The van der Waals surface area contributed by atoms with Crippen LogP contribution >= 0.6 is 0 Å². The van der Waals surface area contributed by atoms with Gasteiger partial charge in [0.05, 0.1) is 6.07 Å². The van der Waals surface area contributed by atoms with Crippen LogP contribution in [0.15, 0.2) is 45.3 Å². The molecule has 0 saturated heterocycles. The zero-order valence-corrected chi connectivity index (χ0v) is 11.8. The standard InChI is InChI=1S/C14H10N4O5/c1-8-15-14(23-17-8)9-2-4-10(5-3-9)16-13(19)11-6-7-12(22-11)18(20)21/h2-7H,1H3,(H,16,19). The van der Waals surface area contributed by atoms with Gasteiger partial charge in [-0.3, -0.25) is 14.9 Å². The highest BCUT2D eigenvalue weighted by atomic mass is 16.6. The molecule has 0 saturated carbocycles. The average Bonchev–Trinajstić information content (AvgIpc) is 3.17. The molecule has 9 nitrogen and oxygen atoms in total. The van der Waals surface area contributed by atoms with E-state index in [2.05, 4.69) is 15.5 Å². The van der Waals surface area contributed by atoms with E-state index in [0.29, 0.717) is 23.0 Å². The largest absolute Gasteiger partial charge is 0.433 e. The molecule has 0 spiro atoms. The van der Waals surface area contributed by atoms with Crippen molar-refractivity contribution in [3.8, 4) is 11.5 Å². The molecule has 0 aliphatic heterocycles. The minimum Gasteiger partial charge on any atom is -0.395 e. The van der Waals surface area contributed by atoms with Gasteiger partial charge in [-0.05, 0) is 37.3 Å². The highest BCUT2D eigenvalue weighted by Crippen LogP contribution is 2.21. The molecule has 3 aromatic rings. The Labute approximate surface area is 129 Å². The fourth-order valence-corrected chi connectivity index (χ4v) is 1.85. The highest BCUT2D eigenvalue weighted by Gasteiger charge is 2.17. The topological polar surface area (TPSA) is 124 Å². The number of aromatic nitrogens is 2. The predicted molar refractivity (Wildman–Crippen MR) is 77.8 cm³/mol. The van der Waals surface area contributed by atoms with Crippen molar-refractivity contribution in [3.05, 3.63) is 58.1 Å². The molecule has 1 amide bonds. The van der Waals surface area contributed by atoms with E-state index in [1.54, 1.807) is 31.2 Å². The van der Waals surface area contributed by atoms with Crippen molar-refractivity contribution in [2.45, 2.75) is 6.92 Å². The van der Waals surface area contributed by atoms with Gasteiger partial charge >= 0.3 is 5.88 Å². The summed E-state index contributed by atoms with van der Waals surface area (Å²) in [6.45, 7) is 1.71. The van der Waals surface area contributed by atoms with Crippen LogP contribution < -0.4 is 5.32 Å². The van der Waals surface area contributed by atoms with Gasteiger partial charge in [0.2, 0.25) is 0 Å². The molecule has 23 heavy (non-hydrogen) atoms. The summed E-state index contributed by atoms with van der Waals surface area (Å²) in [6, 6.07) is 9.05. The van der Waals surface area contributed by atoms with Crippen LogP contribution in [0.2, 0.25) is 0 Å². The third-order valence-corrected chi connectivity index (χ3v) is 2.91. The molecule has 116 valence electrons. The zero-order chi connectivity index (χ0) is 16.4. The second kappa shape index (κ2) is 5.72. The van der Waals surface area contributed by atoms with E-state index in [1.165, 1.54) is 6.07 Å². The second-order valence-corrected chi connectivity index (χ2v) is 4.57. The molecule has 1 aromatic carbocycles. The molecule has 0 aliphatic carbocycles. The van der Waals surface area contributed by atoms with Crippen molar-refractivity contribution in [1.82, 2.24) is 10.1 Å². The van der Waals surface area contributed by atoms with E-state index in [4.69, 9.17) is 8.94 Å². The molecule has 3 rings (SSSR count). The maximum atomic E-state index is 11.9. The molecule has 0 radical (unpaired) electrons. The van der Waals surface area contributed by atoms with E-state index in [1.807, 2.05) is 0 Å². The number of rotatable bonds is 4. The van der Waals surface area contributed by atoms with Crippen LogP contribution in [0, 0.1) is 17.0 Å². The first-order chi connectivity index (χ1) is 11.0. The van der Waals surface area contributed by atoms with E-state index < -0.39 is 16.7 Å². The van der Waals surface area contributed by atoms with Crippen molar-refractivity contribution in [2.75, 3.05) is 5.32 Å². The lowest BCUT2D eigenvalue weighted by Gasteiger charge is -2.03. The van der Waals surface area contributed by atoms with Crippen LogP contribution in [0.5, 0.6) is 0 Å². The number of benzene rings is 1. The Bertz CT molecular complexity index is 865. The molecule has 0 fully saturated rings. The highest BCUT2D eigenvalue weighted by molar-refractivity contribution is 6.02. The summed E-state index contributed by atoms with van der Waals surface area (Å²) >= 11 is 0. The normalized spacial score (nSPS) is 10.5. The van der Waals surface area contributed by atoms with E-state index in [-0.39, 0.29) is 5.76 Å². The van der Waals surface area contributed by atoms with Gasteiger partial charge in [0.15, 0.2) is 11.6 Å². The number of hydrogen-bond donors (Lipinski definition) is 1. The van der Waals surface area contributed by atoms with Gasteiger partial charge in [0, 0.05) is 11.3 Å². The minimum absolute atomic E-state index is 0.145. The Balaban J connectivity index is 1.72. The summed E-state index contributed by atoms with van der Waals surface area (Å²) in [5.74, 6) is -0.316. The number of hydrogen-bond acceptors (Lipinski definition) is 7. The fourth-order valence-electron chi connectivity index (χ4n) is 1.85.